The van der Waals surface area contributed by atoms with Crippen molar-refractivity contribution in [2.75, 3.05) is 24.3 Å². The zero-order chi connectivity index (χ0) is 25.4. The van der Waals surface area contributed by atoms with Gasteiger partial charge in [0, 0.05) is 37.5 Å². The average Bonchev–Trinajstić information content (AvgIpc) is 2.71. The van der Waals surface area contributed by atoms with Crippen molar-refractivity contribution in [3.8, 4) is 0 Å². The number of benzene rings is 1. The van der Waals surface area contributed by atoms with Crippen molar-refractivity contribution in [2.45, 2.75) is 56.9 Å². The molecule has 194 valence electrons. The number of hydrogen-bond donors (Lipinski definition) is 2. The van der Waals surface area contributed by atoms with Crippen LogP contribution < -0.4 is 16.0 Å². The third-order valence-electron chi connectivity index (χ3n) is 5.85. The molecule has 13 heteroatoms. The lowest BCUT2D eigenvalue weighted by atomic mass is 9.77. The van der Waals surface area contributed by atoms with Crippen LogP contribution in [-0.2, 0) is 12.4 Å². The van der Waals surface area contributed by atoms with Crippen molar-refractivity contribution in [3.05, 3.63) is 46.1 Å². The van der Waals surface area contributed by atoms with Crippen molar-refractivity contribution < 1.29 is 31.1 Å². The summed E-state index contributed by atoms with van der Waals surface area (Å²) < 4.78 is 80.9. The van der Waals surface area contributed by atoms with Gasteiger partial charge in [-0.05, 0) is 56.2 Å². The second-order valence-corrected chi connectivity index (χ2v) is 8.62. The summed E-state index contributed by atoms with van der Waals surface area (Å²) in [5, 5.41) is 3.19. The van der Waals surface area contributed by atoms with Crippen molar-refractivity contribution >= 4 is 30.1 Å². The molecule has 1 aromatic carbocycles. The number of carbonyl (C=O) groups excluding carboxylic acids is 1. The number of aryl methyl sites for hydroxylation is 1. The first-order valence-corrected chi connectivity index (χ1v) is 10.6. The van der Waals surface area contributed by atoms with Crippen LogP contribution in [0.4, 0.5) is 38.1 Å². The second-order valence-electron chi connectivity index (χ2n) is 8.62. The number of rotatable bonds is 5. The van der Waals surface area contributed by atoms with Gasteiger partial charge in [-0.15, -0.1) is 12.4 Å². The van der Waals surface area contributed by atoms with Gasteiger partial charge < -0.3 is 16.0 Å². The molecule has 0 unspecified atom stereocenters. The van der Waals surface area contributed by atoms with Crippen molar-refractivity contribution in [3.63, 3.8) is 0 Å². The van der Waals surface area contributed by atoms with E-state index in [0.29, 0.717) is 30.7 Å². The van der Waals surface area contributed by atoms with Crippen LogP contribution >= 0.6 is 12.4 Å². The molecule has 1 aliphatic rings. The predicted molar refractivity (Wildman–Crippen MR) is 122 cm³/mol. The molecule has 1 aliphatic carbocycles. The highest BCUT2D eigenvalue weighted by molar-refractivity contribution is 5.95. The van der Waals surface area contributed by atoms with Gasteiger partial charge in [-0.2, -0.15) is 31.3 Å². The van der Waals surface area contributed by atoms with E-state index in [1.165, 1.54) is 0 Å². The van der Waals surface area contributed by atoms with Gasteiger partial charge in [-0.1, -0.05) is 0 Å². The van der Waals surface area contributed by atoms with Gasteiger partial charge in [-0.25, -0.2) is 4.98 Å². The van der Waals surface area contributed by atoms with Gasteiger partial charge in [0.15, 0.2) is 0 Å². The van der Waals surface area contributed by atoms with E-state index in [0.717, 1.165) is 5.69 Å². The van der Waals surface area contributed by atoms with Gasteiger partial charge >= 0.3 is 12.4 Å². The molecular weight excluding hydrogens is 500 g/mol. The Labute approximate surface area is 204 Å². The van der Waals surface area contributed by atoms with Crippen LogP contribution in [-0.4, -0.2) is 36.0 Å². The SMILES string of the molecule is Cc1cc(N(C)C)nc(NC2CCC(c3c(C(N)=O)cc(C(F)(F)F)cc3C(F)(F)F)CC2)n1.Cl. The Morgan fingerprint density at radius 2 is 1.60 bits per heavy atom. The molecular formula is C22H26ClF6N5O. The lowest BCUT2D eigenvalue weighted by molar-refractivity contribution is -0.143. The fourth-order valence-electron chi connectivity index (χ4n) is 4.25. The molecule has 0 saturated heterocycles. The van der Waals surface area contributed by atoms with E-state index in [1.54, 1.807) is 6.07 Å². The van der Waals surface area contributed by atoms with Crippen LogP contribution in [0.15, 0.2) is 18.2 Å². The largest absolute Gasteiger partial charge is 0.416 e. The molecule has 6 nitrogen and oxygen atoms in total. The first-order valence-electron chi connectivity index (χ1n) is 10.6. The maximum Gasteiger partial charge on any atom is 0.416 e. The van der Waals surface area contributed by atoms with E-state index in [-0.39, 0.29) is 37.4 Å². The van der Waals surface area contributed by atoms with Crippen LogP contribution in [0, 0.1) is 6.92 Å². The summed E-state index contributed by atoms with van der Waals surface area (Å²) in [6, 6.07) is 2.14. The van der Waals surface area contributed by atoms with Gasteiger partial charge in [0.05, 0.1) is 11.1 Å². The minimum Gasteiger partial charge on any atom is -0.366 e. The fourth-order valence-corrected chi connectivity index (χ4v) is 4.25. The first-order chi connectivity index (χ1) is 15.7. The summed E-state index contributed by atoms with van der Waals surface area (Å²) in [6.45, 7) is 1.81. The molecule has 0 aliphatic heterocycles. The third-order valence-corrected chi connectivity index (χ3v) is 5.85. The maximum atomic E-state index is 13.8. The Hall–Kier alpha value is -2.76. The van der Waals surface area contributed by atoms with Gasteiger partial charge in [0.1, 0.15) is 5.82 Å². The summed E-state index contributed by atoms with van der Waals surface area (Å²) >= 11 is 0. The van der Waals surface area contributed by atoms with Crippen LogP contribution in [0.1, 0.15) is 64.3 Å². The van der Waals surface area contributed by atoms with E-state index in [4.69, 9.17) is 5.73 Å². The highest BCUT2D eigenvalue weighted by Crippen LogP contribution is 2.45. The highest BCUT2D eigenvalue weighted by Gasteiger charge is 2.42. The van der Waals surface area contributed by atoms with Crippen LogP contribution in [0.2, 0.25) is 0 Å². The Balaban J connectivity index is 0.00000432. The fraction of sp³-hybridized carbons (Fsp3) is 0.500. The molecule has 1 aromatic heterocycles. The third kappa shape index (κ3) is 6.68. The minimum absolute atomic E-state index is 0. The molecule has 0 spiro atoms. The molecule has 0 bridgehead atoms. The van der Waals surface area contributed by atoms with Crippen molar-refractivity contribution in [1.29, 1.82) is 0 Å². The molecule has 35 heavy (non-hydrogen) atoms. The summed E-state index contributed by atoms with van der Waals surface area (Å²) in [7, 11) is 3.66. The number of amides is 1. The molecule has 1 fully saturated rings. The summed E-state index contributed by atoms with van der Waals surface area (Å²) in [4.78, 5) is 22.5. The van der Waals surface area contributed by atoms with Crippen molar-refractivity contribution in [1.82, 2.24) is 9.97 Å². The monoisotopic (exact) mass is 525 g/mol. The molecule has 1 heterocycles. The zero-order valence-electron chi connectivity index (χ0n) is 19.2. The molecule has 0 radical (unpaired) electrons. The number of aromatic nitrogens is 2. The van der Waals surface area contributed by atoms with Crippen molar-refractivity contribution in [2.24, 2.45) is 5.73 Å². The normalized spacial score (nSPS) is 18.5. The number of carbonyl (C=O) groups is 1. The lowest BCUT2D eigenvalue weighted by Gasteiger charge is -2.32. The number of nitrogens with one attached hydrogen (secondary N) is 1. The molecule has 3 N–H and O–H groups in total. The predicted octanol–water partition coefficient (Wildman–Crippen LogP) is 5.55. The quantitative estimate of drug-likeness (QED) is 0.500. The number of nitrogens with zero attached hydrogens (tertiary/aromatic N) is 3. The molecule has 1 saturated carbocycles. The molecule has 3 rings (SSSR count). The second kappa shape index (κ2) is 10.5. The lowest BCUT2D eigenvalue weighted by Crippen LogP contribution is -2.29. The molecule has 1 amide bonds. The van der Waals surface area contributed by atoms with E-state index in [9.17, 15) is 31.1 Å². The maximum absolute atomic E-state index is 13.8. The molecule has 0 atom stereocenters. The minimum atomic E-state index is -5.08. The smallest absolute Gasteiger partial charge is 0.366 e. The Kier molecular flexibility index (Phi) is 8.52. The van der Waals surface area contributed by atoms with Crippen LogP contribution in [0.5, 0.6) is 0 Å². The number of anilines is 2. The number of primary amides is 1. The standard InChI is InChI=1S/C22H25F6N5O.ClH/c1-11-8-17(33(2)3)32-20(30-11)31-14-6-4-12(5-7-14)18-15(19(29)34)9-13(21(23,24)25)10-16(18)22(26,27)28;/h8-10,12,14H,4-7H2,1-3H3,(H2,29,34)(H,30,31,32);1H. The Morgan fingerprint density at radius 1 is 1.00 bits per heavy atom. The zero-order valence-corrected chi connectivity index (χ0v) is 20.0. The van der Waals surface area contributed by atoms with Crippen LogP contribution in [0.25, 0.3) is 0 Å². The van der Waals surface area contributed by atoms with E-state index in [1.807, 2.05) is 25.9 Å². The Bertz CT molecular complexity index is 1070. The number of alkyl halides is 6. The summed E-state index contributed by atoms with van der Waals surface area (Å²) in [6.07, 6.45) is -8.86. The van der Waals surface area contributed by atoms with Gasteiger partial charge in [0.2, 0.25) is 11.9 Å². The molecule has 2 aromatic rings. The topological polar surface area (TPSA) is 84.1 Å². The van der Waals surface area contributed by atoms with E-state index in [2.05, 4.69) is 15.3 Å². The first kappa shape index (κ1) is 28.5. The summed E-state index contributed by atoms with van der Waals surface area (Å²) in [5.74, 6) is -1.02. The van der Waals surface area contributed by atoms with Gasteiger partial charge in [-0.3, -0.25) is 4.79 Å². The van der Waals surface area contributed by atoms with Gasteiger partial charge in [0.25, 0.3) is 0 Å². The highest BCUT2D eigenvalue weighted by atomic mass is 35.5. The van der Waals surface area contributed by atoms with Crippen LogP contribution in [0.3, 0.4) is 0 Å². The number of nitrogens with two attached hydrogens (primary N) is 1. The van der Waals surface area contributed by atoms with E-state index >= 15 is 0 Å². The average molecular weight is 526 g/mol. The number of hydrogen-bond acceptors (Lipinski definition) is 5. The van der Waals surface area contributed by atoms with E-state index < -0.39 is 46.4 Å². The summed E-state index contributed by atoms with van der Waals surface area (Å²) in [5.41, 5.74) is 1.73. The Morgan fingerprint density at radius 3 is 2.09 bits per heavy atom. The number of halogens is 7.